The molecule has 198 valence electrons. The molecule has 0 N–H and O–H groups in total. The van der Waals surface area contributed by atoms with Crippen LogP contribution in [-0.4, -0.2) is 32.4 Å². The lowest BCUT2D eigenvalue weighted by atomic mass is 9.97. The van der Waals surface area contributed by atoms with E-state index < -0.39 is 23.2 Å². The summed E-state index contributed by atoms with van der Waals surface area (Å²) in [5.74, 6) is -1.95. The van der Waals surface area contributed by atoms with Gasteiger partial charge in [0.15, 0.2) is 5.71 Å². The number of oxime groups is 1. The number of aryl methyl sites for hydroxylation is 2. The molecule has 0 saturated heterocycles. The number of ketones is 2. The van der Waals surface area contributed by atoms with Crippen LogP contribution in [0.5, 0.6) is 0 Å². The number of fused-ring (bicyclic) bond motifs is 6. The van der Waals surface area contributed by atoms with Crippen LogP contribution in [0.1, 0.15) is 41.5 Å². The van der Waals surface area contributed by atoms with Crippen LogP contribution in [0.2, 0.25) is 0 Å². The zero-order chi connectivity index (χ0) is 28.0. The van der Waals surface area contributed by atoms with Crippen molar-refractivity contribution in [3.8, 4) is 0 Å². The first-order valence-electron chi connectivity index (χ1n) is 13.3. The number of rotatable bonds is 7. The molecule has 0 aliphatic heterocycles. The molecule has 0 radical (unpaired) electrons. The van der Waals surface area contributed by atoms with Crippen LogP contribution in [0, 0.1) is 0 Å². The summed E-state index contributed by atoms with van der Waals surface area (Å²) in [5.41, 5.74) is 4.23. The average molecular weight is 530 g/mol. The molecule has 0 aliphatic rings. The van der Waals surface area contributed by atoms with E-state index in [4.69, 9.17) is 4.84 Å². The van der Waals surface area contributed by atoms with Gasteiger partial charge in [0, 0.05) is 74.8 Å². The Morgan fingerprint density at radius 2 is 1.05 bits per heavy atom. The van der Waals surface area contributed by atoms with Gasteiger partial charge in [-0.3, -0.25) is 9.59 Å². The lowest BCUT2D eigenvalue weighted by Crippen LogP contribution is -2.25. The molecule has 0 bridgehead atoms. The Kier molecular flexibility index (Phi) is 6.27. The van der Waals surface area contributed by atoms with Gasteiger partial charge < -0.3 is 14.0 Å². The van der Waals surface area contributed by atoms with E-state index in [2.05, 4.69) is 28.1 Å². The second-order valence-electron chi connectivity index (χ2n) is 9.67. The minimum absolute atomic E-state index is 0.287. The summed E-state index contributed by atoms with van der Waals surface area (Å²) >= 11 is 0. The molecule has 0 atom stereocenters. The van der Waals surface area contributed by atoms with Gasteiger partial charge in [-0.05, 0) is 62.4 Å². The second-order valence-corrected chi connectivity index (χ2v) is 9.67. The van der Waals surface area contributed by atoms with Gasteiger partial charge in [-0.15, -0.1) is 0 Å². The van der Waals surface area contributed by atoms with Crippen LogP contribution in [0.25, 0.3) is 43.6 Å². The average Bonchev–Trinajstić information content (AvgIpc) is 3.48. The SMILES string of the molecule is CCn1c2ccccc2c2cc(C(=O)C(=NOC(C)=O)C(=O)c3ccc4c(c3)c3ccccc3n4CC)ccc21. The highest BCUT2D eigenvalue weighted by Crippen LogP contribution is 2.31. The molecule has 0 fully saturated rings. The summed E-state index contributed by atoms with van der Waals surface area (Å²) < 4.78 is 4.36. The van der Waals surface area contributed by atoms with Gasteiger partial charge in [-0.2, -0.15) is 0 Å². The smallest absolute Gasteiger partial charge is 0.332 e. The maximum Gasteiger partial charge on any atom is 0.332 e. The Labute approximate surface area is 230 Å². The van der Waals surface area contributed by atoms with Gasteiger partial charge in [0.25, 0.3) is 0 Å². The Morgan fingerprint density at radius 3 is 1.48 bits per heavy atom. The van der Waals surface area contributed by atoms with Crippen LogP contribution in [-0.2, 0) is 22.7 Å². The van der Waals surface area contributed by atoms with E-state index in [-0.39, 0.29) is 11.1 Å². The van der Waals surface area contributed by atoms with E-state index in [9.17, 15) is 14.4 Å². The van der Waals surface area contributed by atoms with Gasteiger partial charge in [0.1, 0.15) is 0 Å². The molecule has 2 aromatic heterocycles. The van der Waals surface area contributed by atoms with Crippen molar-refractivity contribution < 1.29 is 19.2 Å². The van der Waals surface area contributed by atoms with Crippen LogP contribution in [0.15, 0.2) is 90.1 Å². The Hall–Kier alpha value is -5.04. The summed E-state index contributed by atoms with van der Waals surface area (Å²) in [6.07, 6.45) is 0. The van der Waals surface area contributed by atoms with E-state index in [0.717, 1.165) is 56.7 Å². The second kappa shape index (κ2) is 9.93. The number of nitrogens with zero attached hydrogens (tertiary/aromatic N) is 3. The van der Waals surface area contributed by atoms with Crippen LogP contribution in [0.4, 0.5) is 0 Å². The summed E-state index contributed by atoms with van der Waals surface area (Å²) in [6.45, 7) is 6.86. The fourth-order valence-electron chi connectivity index (χ4n) is 5.64. The molecule has 0 unspecified atom stereocenters. The molecule has 40 heavy (non-hydrogen) atoms. The van der Waals surface area contributed by atoms with Crippen molar-refractivity contribution in [3.05, 3.63) is 96.1 Å². The maximum atomic E-state index is 13.8. The number of Topliss-reactive ketones (excluding diaryl/α,β-unsaturated/α-hetero) is 2. The third-order valence-corrected chi connectivity index (χ3v) is 7.40. The minimum atomic E-state index is -0.721. The quantitative estimate of drug-likeness (QED) is 0.0738. The number of para-hydroxylation sites is 2. The number of aromatic nitrogens is 2. The molecule has 0 amide bonds. The first-order chi connectivity index (χ1) is 19.4. The fourth-order valence-corrected chi connectivity index (χ4v) is 5.64. The van der Waals surface area contributed by atoms with E-state index in [1.807, 2.05) is 60.7 Å². The predicted molar refractivity (Wildman–Crippen MR) is 158 cm³/mol. The summed E-state index contributed by atoms with van der Waals surface area (Å²) in [7, 11) is 0. The highest BCUT2D eigenvalue weighted by Gasteiger charge is 2.26. The highest BCUT2D eigenvalue weighted by atomic mass is 16.7. The first-order valence-corrected chi connectivity index (χ1v) is 13.3. The molecule has 4 aromatic carbocycles. The lowest BCUT2D eigenvalue weighted by molar-refractivity contribution is -0.140. The number of carbonyl (C=O) groups is 3. The van der Waals surface area contributed by atoms with E-state index in [0.29, 0.717) is 0 Å². The van der Waals surface area contributed by atoms with Gasteiger partial charge in [0.05, 0.1) is 0 Å². The molecule has 0 aliphatic carbocycles. The third-order valence-electron chi connectivity index (χ3n) is 7.40. The van der Waals surface area contributed by atoms with Gasteiger partial charge in [-0.1, -0.05) is 41.6 Å². The van der Waals surface area contributed by atoms with Crippen molar-refractivity contribution >= 4 is 66.9 Å². The Morgan fingerprint density at radius 1 is 0.625 bits per heavy atom. The fraction of sp³-hybridized carbons (Fsp3) is 0.152. The van der Waals surface area contributed by atoms with Crippen molar-refractivity contribution in [1.29, 1.82) is 0 Å². The molecular weight excluding hydrogens is 502 g/mol. The van der Waals surface area contributed by atoms with Gasteiger partial charge >= 0.3 is 5.97 Å². The standard InChI is InChI=1S/C33H27N3O4/c1-4-35-27-12-8-6-10-23(27)25-18-21(14-16-29(25)35)32(38)31(34-40-20(3)37)33(39)22-15-17-30-26(19-22)24-11-7-9-13-28(24)36(30)5-2/h6-19H,4-5H2,1-3H3. The molecule has 6 rings (SSSR count). The molecule has 6 aromatic rings. The maximum absolute atomic E-state index is 13.8. The van der Waals surface area contributed by atoms with Crippen molar-refractivity contribution in [2.45, 2.75) is 33.9 Å². The zero-order valence-electron chi connectivity index (χ0n) is 22.5. The van der Waals surface area contributed by atoms with E-state index in [1.165, 1.54) is 6.92 Å². The molecule has 0 saturated carbocycles. The monoisotopic (exact) mass is 529 g/mol. The summed E-state index contributed by atoms with van der Waals surface area (Å²) in [6, 6.07) is 26.7. The molecule has 7 heteroatoms. The first kappa shape index (κ1) is 25.2. The largest absolute Gasteiger partial charge is 0.341 e. The van der Waals surface area contributed by atoms with Crippen molar-refractivity contribution in [3.63, 3.8) is 0 Å². The van der Waals surface area contributed by atoms with Crippen molar-refractivity contribution in [2.24, 2.45) is 5.16 Å². The van der Waals surface area contributed by atoms with Crippen molar-refractivity contribution in [1.82, 2.24) is 9.13 Å². The molecular formula is C33H27N3O4. The van der Waals surface area contributed by atoms with Gasteiger partial charge in [0.2, 0.25) is 11.6 Å². The zero-order valence-corrected chi connectivity index (χ0v) is 22.5. The number of hydrogen-bond acceptors (Lipinski definition) is 5. The normalized spacial score (nSPS) is 11.4. The molecule has 0 spiro atoms. The predicted octanol–water partition coefficient (Wildman–Crippen LogP) is 6.93. The lowest BCUT2D eigenvalue weighted by Gasteiger charge is -2.07. The van der Waals surface area contributed by atoms with Crippen LogP contribution in [0.3, 0.4) is 0 Å². The summed E-state index contributed by atoms with van der Waals surface area (Å²) in [4.78, 5) is 44.1. The number of benzene rings is 4. The summed E-state index contributed by atoms with van der Waals surface area (Å²) in [5, 5.41) is 7.58. The van der Waals surface area contributed by atoms with E-state index in [1.54, 1.807) is 24.3 Å². The van der Waals surface area contributed by atoms with Crippen molar-refractivity contribution in [2.75, 3.05) is 0 Å². The third kappa shape index (κ3) is 3.98. The Bertz CT molecular complexity index is 1890. The molecule has 2 heterocycles. The minimum Gasteiger partial charge on any atom is -0.341 e. The Balaban J connectivity index is 1.47. The highest BCUT2D eigenvalue weighted by molar-refractivity contribution is 6.72. The van der Waals surface area contributed by atoms with Gasteiger partial charge in [-0.25, -0.2) is 4.79 Å². The van der Waals surface area contributed by atoms with Crippen LogP contribution < -0.4 is 0 Å². The number of hydrogen-bond donors (Lipinski definition) is 0. The van der Waals surface area contributed by atoms with Crippen LogP contribution >= 0.6 is 0 Å². The topological polar surface area (TPSA) is 82.7 Å². The molecule has 7 nitrogen and oxygen atoms in total. The van der Waals surface area contributed by atoms with E-state index >= 15 is 0 Å². The number of carbonyl (C=O) groups excluding carboxylic acids is 3.